The smallest absolute Gasteiger partial charge is 0.137 e. The Balaban J connectivity index is 2.26. The molecule has 2 nitrogen and oxygen atoms in total. The van der Waals surface area contributed by atoms with Crippen molar-refractivity contribution in [2.45, 2.75) is 18.8 Å². The quantitative estimate of drug-likeness (QED) is 0.641. The van der Waals surface area contributed by atoms with Crippen LogP contribution in [-0.2, 0) is 0 Å². The van der Waals surface area contributed by atoms with Crippen LogP contribution in [0.4, 0.5) is 0 Å². The normalized spacial score (nSPS) is 16.5. The number of aromatic nitrogens is 1. The molecule has 0 amide bonds. The molecule has 2 heteroatoms. The predicted octanol–water partition coefficient (Wildman–Crippen LogP) is 1.97. The zero-order valence-electron chi connectivity index (χ0n) is 6.58. The van der Waals surface area contributed by atoms with Crippen molar-refractivity contribution in [2.24, 2.45) is 0 Å². The molecule has 1 aromatic rings. The van der Waals surface area contributed by atoms with Gasteiger partial charge >= 0.3 is 0 Å². The Bertz CT molecular complexity index is 255. The third-order valence-electron chi connectivity index (χ3n) is 2.02. The van der Waals surface area contributed by atoms with Crippen LogP contribution >= 0.6 is 0 Å². The highest BCUT2D eigenvalue weighted by atomic mass is 16.5. The highest BCUT2D eigenvalue weighted by molar-refractivity contribution is 5.28. The van der Waals surface area contributed by atoms with E-state index in [0.717, 1.165) is 11.7 Å². The summed E-state index contributed by atoms with van der Waals surface area (Å²) in [6.07, 6.45) is 6.30. The molecular formula is C9H11NO. The summed E-state index contributed by atoms with van der Waals surface area (Å²) in [6, 6.07) is 2.07. The third kappa shape index (κ3) is 1.34. The van der Waals surface area contributed by atoms with E-state index in [1.54, 1.807) is 13.3 Å². The van der Waals surface area contributed by atoms with E-state index in [1.807, 2.05) is 6.20 Å². The molecule has 0 radical (unpaired) electrons. The second kappa shape index (κ2) is 2.53. The van der Waals surface area contributed by atoms with Gasteiger partial charge in [0.1, 0.15) is 5.75 Å². The van der Waals surface area contributed by atoms with Crippen molar-refractivity contribution in [3.8, 4) is 5.75 Å². The number of rotatable bonds is 2. The molecule has 0 bridgehead atoms. The molecule has 1 saturated carbocycles. The number of nitrogens with zero attached hydrogens (tertiary/aromatic N) is 1. The zero-order valence-corrected chi connectivity index (χ0v) is 6.58. The van der Waals surface area contributed by atoms with E-state index in [4.69, 9.17) is 4.74 Å². The second-order valence-corrected chi connectivity index (χ2v) is 2.93. The van der Waals surface area contributed by atoms with Gasteiger partial charge in [-0.25, -0.2) is 0 Å². The van der Waals surface area contributed by atoms with Gasteiger partial charge in [0.2, 0.25) is 0 Å². The number of pyridine rings is 1. The van der Waals surface area contributed by atoms with E-state index in [0.29, 0.717) is 0 Å². The maximum absolute atomic E-state index is 5.07. The SMILES string of the molecule is COc1cncc(C2CC2)c1. The molecule has 2 rings (SSSR count). The predicted molar refractivity (Wildman–Crippen MR) is 42.8 cm³/mol. The van der Waals surface area contributed by atoms with Crippen molar-refractivity contribution >= 4 is 0 Å². The summed E-state index contributed by atoms with van der Waals surface area (Å²) in [5.74, 6) is 1.63. The molecule has 1 fully saturated rings. The summed E-state index contributed by atoms with van der Waals surface area (Å²) in [4.78, 5) is 4.09. The van der Waals surface area contributed by atoms with Crippen molar-refractivity contribution in [1.29, 1.82) is 0 Å². The van der Waals surface area contributed by atoms with Crippen LogP contribution in [0.1, 0.15) is 24.3 Å². The fourth-order valence-electron chi connectivity index (χ4n) is 1.19. The molecule has 0 aromatic carbocycles. The van der Waals surface area contributed by atoms with Crippen molar-refractivity contribution in [3.05, 3.63) is 24.0 Å². The minimum atomic E-state index is 0.762. The molecule has 0 spiro atoms. The highest BCUT2D eigenvalue weighted by Crippen LogP contribution is 2.40. The molecule has 0 aliphatic heterocycles. The molecule has 11 heavy (non-hydrogen) atoms. The van der Waals surface area contributed by atoms with Crippen molar-refractivity contribution < 1.29 is 4.74 Å². The van der Waals surface area contributed by atoms with Gasteiger partial charge in [0.25, 0.3) is 0 Å². The maximum atomic E-state index is 5.07. The molecule has 58 valence electrons. The monoisotopic (exact) mass is 149 g/mol. The van der Waals surface area contributed by atoms with Gasteiger partial charge in [0, 0.05) is 6.20 Å². The van der Waals surface area contributed by atoms with E-state index in [9.17, 15) is 0 Å². The molecule has 0 atom stereocenters. The van der Waals surface area contributed by atoms with Crippen molar-refractivity contribution in [1.82, 2.24) is 4.98 Å². The van der Waals surface area contributed by atoms with Crippen LogP contribution in [0.15, 0.2) is 18.5 Å². The first-order valence-corrected chi connectivity index (χ1v) is 3.89. The summed E-state index contributed by atoms with van der Waals surface area (Å²) in [6.45, 7) is 0. The summed E-state index contributed by atoms with van der Waals surface area (Å²) in [7, 11) is 1.67. The lowest BCUT2D eigenvalue weighted by Crippen LogP contribution is -1.86. The fourth-order valence-corrected chi connectivity index (χ4v) is 1.19. The lowest BCUT2D eigenvalue weighted by Gasteiger charge is -2.00. The lowest BCUT2D eigenvalue weighted by molar-refractivity contribution is 0.412. The first kappa shape index (κ1) is 6.65. The van der Waals surface area contributed by atoms with E-state index < -0.39 is 0 Å². The zero-order chi connectivity index (χ0) is 7.68. The molecule has 1 aliphatic carbocycles. The Hall–Kier alpha value is -1.05. The van der Waals surface area contributed by atoms with Gasteiger partial charge in [0.05, 0.1) is 13.3 Å². The van der Waals surface area contributed by atoms with E-state index >= 15 is 0 Å². The van der Waals surface area contributed by atoms with Gasteiger partial charge in [-0.2, -0.15) is 0 Å². The molecule has 0 N–H and O–H groups in total. The summed E-state index contributed by atoms with van der Waals surface area (Å²) < 4.78 is 5.07. The average Bonchev–Trinajstić information content (AvgIpc) is 2.87. The summed E-state index contributed by atoms with van der Waals surface area (Å²) in [5.41, 5.74) is 1.32. The molecule has 0 saturated heterocycles. The topological polar surface area (TPSA) is 22.1 Å². The number of ether oxygens (including phenoxy) is 1. The van der Waals surface area contributed by atoms with E-state index in [-0.39, 0.29) is 0 Å². The van der Waals surface area contributed by atoms with E-state index in [2.05, 4.69) is 11.1 Å². The lowest BCUT2D eigenvalue weighted by atomic mass is 10.2. The van der Waals surface area contributed by atoms with Gasteiger partial charge in [-0.3, -0.25) is 4.98 Å². The number of hydrogen-bond donors (Lipinski definition) is 0. The highest BCUT2D eigenvalue weighted by Gasteiger charge is 2.23. The van der Waals surface area contributed by atoms with Crippen LogP contribution in [-0.4, -0.2) is 12.1 Å². The number of methoxy groups -OCH3 is 1. The Morgan fingerprint density at radius 3 is 2.91 bits per heavy atom. The Kier molecular flexibility index (Phi) is 1.53. The average molecular weight is 149 g/mol. The third-order valence-corrected chi connectivity index (χ3v) is 2.02. The van der Waals surface area contributed by atoms with Crippen LogP contribution in [0.25, 0.3) is 0 Å². The van der Waals surface area contributed by atoms with Crippen LogP contribution in [0.3, 0.4) is 0 Å². The van der Waals surface area contributed by atoms with Crippen LogP contribution in [0.2, 0.25) is 0 Å². The summed E-state index contributed by atoms with van der Waals surface area (Å²) in [5, 5.41) is 0. The molecule has 0 unspecified atom stereocenters. The van der Waals surface area contributed by atoms with Gasteiger partial charge in [-0.15, -0.1) is 0 Å². The number of hydrogen-bond acceptors (Lipinski definition) is 2. The van der Waals surface area contributed by atoms with Gasteiger partial charge in [0.15, 0.2) is 0 Å². The Labute approximate surface area is 66.2 Å². The van der Waals surface area contributed by atoms with Gasteiger partial charge in [-0.05, 0) is 30.4 Å². The fraction of sp³-hybridized carbons (Fsp3) is 0.444. The molecular weight excluding hydrogens is 138 g/mol. The Morgan fingerprint density at radius 2 is 2.27 bits per heavy atom. The Morgan fingerprint density at radius 1 is 1.45 bits per heavy atom. The minimum Gasteiger partial charge on any atom is -0.495 e. The van der Waals surface area contributed by atoms with Gasteiger partial charge in [-0.1, -0.05) is 0 Å². The standard InChI is InChI=1S/C9H11NO/c1-11-9-4-8(5-10-6-9)7-2-3-7/h4-7H,2-3H2,1H3. The van der Waals surface area contributed by atoms with Crippen LogP contribution in [0, 0.1) is 0 Å². The van der Waals surface area contributed by atoms with E-state index in [1.165, 1.54) is 18.4 Å². The minimum absolute atomic E-state index is 0.762. The largest absolute Gasteiger partial charge is 0.495 e. The molecule has 1 aliphatic rings. The summed E-state index contributed by atoms with van der Waals surface area (Å²) >= 11 is 0. The van der Waals surface area contributed by atoms with Crippen LogP contribution in [0.5, 0.6) is 5.75 Å². The first-order chi connectivity index (χ1) is 5.40. The van der Waals surface area contributed by atoms with Crippen molar-refractivity contribution in [3.63, 3.8) is 0 Å². The second-order valence-electron chi connectivity index (χ2n) is 2.93. The van der Waals surface area contributed by atoms with Crippen LogP contribution < -0.4 is 4.74 Å². The first-order valence-electron chi connectivity index (χ1n) is 3.89. The molecule has 1 heterocycles. The molecule has 1 aromatic heterocycles. The van der Waals surface area contributed by atoms with Gasteiger partial charge < -0.3 is 4.74 Å². The maximum Gasteiger partial charge on any atom is 0.137 e. The van der Waals surface area contributed by atoms with Crippen molar-refractivity contribution in [2.75, 3.05) is 7.11 Å².